The second-order valence-electron chi connectivity index (χ2n) is 7.19. The number of aromatic nitrogens is 2. The van der Waals surface area contributed by atoms with Crippen LogP contribution in [-0.4, -0.2) is 15.5 Å². The fraction of sp³-hybridized carbons (Fsp3) is 0.375. The van der Waals surface area contributed by atoms with Crippen molar-refractivity contribution in [3.05, 3.63) is 81.9 Å². The Balaban J connectivity index is 1.79. The van der Waals surface area contributed by atoms with Gasteiger partial charge < -0.3 is 14.3 Å². The molecular formula is C24H30N2O2. The van der Waals surface area contributed by atoms with Gasteiger partial charge in [-0.2, -0.15) is 0 Å². The largest absolute Gasteiger partial charge is 0.456 e. The molecule has 1 N–H and O–H groups in total. The Morgan fingerprint density at radius 1 is 1.00 bits per heavy atom. The van der Waals surface area contributed by atoms with Crippen molar-refractivity contribution in [2.24, 2.45) is 0 Å². The molecule has 4 nitrogen and oxygen atoms in total. The maximum absolute atomic E-state index is 12.7. The molecule has 2 aromatic heterocycles. The van der Waals surface area contributed by atoms with Crippen LogP contribution in [0.1, 0.15) is 64.8 Å². The van der Waals surface area contributed by atoms with E-state index >= 15 is 0 Å². The van der Waals surface area contributed by atoms with Crippen LogP contribution in [0.25, 0.3) is 0 Å². The highest BCUT2D eigenvalue weighted by molar-refractivity contribution is 5.89. The number of aromatic amines is 1. The van der Waals surface area contributed by atoms with Gasteiger partial charge in [0.25, 0.3) is 0 Å². The van der Waals surface area contributed by atoms with Crippen LogP contribution in [0.5, 0.6) is 0 Å². The molecule has 0 spiro atoms. The van der Waals surface area contributed by atoms with Crippen LogP contribution in [0.15, 0.2) is 42.7 Å². The van der Waals surface area contributed by atoms with E-state index < -0.39 is 0 Å². The molecule has 0 radical (unpaired) electrons. The van der Waals surface area contributed by atoms with Crippen LogP contribution < -0.4 is 0 Å². The summed E-state index contributed by atoms with van der Waals surface area (Å²) in [5.74, 6) is -0.293. The van der Waals surface area contributed by atoms with E-state index in [1.54, 1.807) is 0 Å². The molecule has 0 aliphatic carbocycles. The highest BCUT2D eigenvalue weighted by Crippen LogP contribution is 2.22. The molecule has 0 unspecified atom stereocenters. The van der Waals surface area contributed by atoms with Crippen molar-refractivity contribution < 1.29 is 9.53 Å². The minimum absolute atomic E-state index is 0.284. The fourth-order valence-electron chi connectivity index (χ4n) is 3.82. The van der Waals surface area contributed by atoms with E-state index in [9.17, 15) is 4.79 Å². The van der Waals surface area contributed by atoms with Crippen molar-refractivity contribution in [1.29, 1.82) is 0 Å². The minimum atomic E-state index is -0.293. The number of H-pyrrole nitrogens is 1. The van der Waals surface area contributed by atoms with Gasteiger partial charge in [0.05, 0.1) is 6.54 Å². The van der Waals surface area contributed by atoms with Crippen LogP contribution in [0.4, 0.5) is 0 Å². The summed E-state index contributed by atoms with van der Waals surface area (Å²) in [5.41, 5.74) is 7.64. The number of hydrogen-bond acceptors (Lipinski definition) is 2. The molecule has 1 aromatic carbocycles. The average Bonchev–Trinajstić information content (AvgIpc) is 3.26. The number of nitrogens with one attached hydrogen (secondary N) is 1. The molecule has 2 heterocycles. The Morgan fingerprint density at radius 3 is 2.21 bits per heavy atom. The van der Waals surface area contributed by atoms with E-state index in [0.717, 1.165) is 42.6 Å². The lowest BCUT2D eigenvalue weighted by molar-refractivity contribution is 0.0465. The molecule has 3 rings (SSSR count). The van der Waals surface area contributed by atoms with Gasteiger partial charge in [0.1, 0.15) is 12.3 Å². The molecule has 0 aliphatic heterocycles. The zero-order valence-corrected chi connectivity index (χ0v) is 17.3. The number of esters is 1. The number of nitrogens with zero attached hydrogens (tertiary/aromatic N) is 1. The lowest BCUT2D eigenvalue weighted by Gasteiger charge is -2.04. The number of hydrogen-bond donors (Lipinski definition) is 1. The molecule has 0 amide bonds. The first kappa shape index (κ1) is 20.0. The van der Waals surface area contributed by atoms with E-state index in [4.69, 9.17) is 4.74 Å². The zero-order chi connectivity index (χ0) is 20.1. The standard InChI is InChI=1S/C24H30N2O2/c1-5-19-13-26(14-20(19)6-2)15-22-21(7-3)17(4)23(25-22)24(27)28-16-18-11-9-8-10-12-18/h8-14,25H,5-7,15-16H2,1-4H3. The molecule has 3 aromatic rings. The maximum atomic E-state index is 12.7. The molecule has 0 saturated heterocycles. The first-order chi connectivity index (χ1) is 13.6. The molecule has 4 heteroatoms. The van der Waals surface area contributed by atoms with Crippen LogP contribution in [0, 0.1) is 6.92 Å². The van der Waals surface area contributed by atoms with Crippen LogP contribution in [-0.2, 0) is 37.2 Å². The highest BCUT2D eigenvalue weighted by atomic mass is 16.5. The van der Waals surface area contributed by atoms with Crippen LogP contribution in [0.2, 0.25) is 0 Å². The summed E-state index contributed by atoms with van der Waals surface area (Å²) in [6, 6.07) is 9.77. The SMILES string of the molecule is CCc1cn(Cc2[nH]c(C(=O)OCc3ccccc3)c(C)c2CC)cc1CC. The summed E-state index contributed by atoms with van der Waals surface area (Å²) in [5, 5.41) is 0. The molecule has 0 bridgehead atoms. The van der Waals surface area contributed by atoms with E-state index in [2.05, 4.69) is 42.7 Å². The summed E-state index contributed by atoms with van der Waals surface area (Å²) < 4.78 is 7.76. The number of aryl methyl sites for hydroxylation is 2. The lowest BCUT2D eigenvalue weighted by Crippen LogP contribution is -2.07. The molecule has 0 saturated carbocycles. The second kappa shape index (κ2) is 8.96. The molecule has 148 valence electrons. The zero-order valence-electron chi connectivity index (χ0n) is 17.3. The Labute approximate surface area is 167 Å². The summed E-state index contributed by atoms with van der Waals surface area (Å²) in [6.45, 7) is 9.53. The summed E-state index contributed by atoms with van der Waals surface area (Å²) in [6.07, 6.45) is 7.41. The maximum Gasteiger partial charge on any atom is 0.355 e. The Morgan fingerprint density at radius 2 is 1.64 bits per heavy atom. The second-order valence-corrected chi connectivity index (χ2v) is 7.19. The quantitative estimate of drug-likeness (QED) is 0.547. The van der Waals surface area contributed by atoms with E-state index in [1.165, 1.54) is 16.7 Å². The monoisotopic (exact) mass is 378 g/mol. The van der Waals surface area contributed by atoms with Crippen molar-refractivity contribution >= 4 is 5.97 Å². The van der Waals surface area contributed by atoms with E-state index in [0.29, 0.717) is 5.69 Å². The van der Waals surface area contributed by atoms with Gasteiger partial charge in [0.15, 0.2) is 0 Å². The first-order valence-corrected chi connectivity index (χ1v) is 10.2. The van der Waals surface area contributed by atoms with Gasteiger partial charge in [0, 0.05) is 18.1 Å². The van der Waals surface area contributed by atoms with Gasteiger partial charge in [0.2, 0.25) is 0 Å². The lowest BCUT2D eigenvalue weighted by atomic mass is 10.1. The van der Waals surface area contributed by atoms with Crippen molar-refractivity contribution in [3.8, 4) is 0 Å². The smallest absolute Gasteiger partial charge is 0.355 e. The Bertz CT molecular complexity index is 914. The number of carbonyl (C=O) groups excluding carboxylic acids is 1. The first-order valence-electron chi connectivity index (χ1n) is 10.2. The van der Waals surface area contributed by atoms with Crippen molar-refractivity contribution in [3.63, 3.8) is 0 Å². The van der Waals surface area contributed by atoms with E-state index in [1.807, 2.05) is 37.3 Å². The molecule has 0 fully saturated rings. The summed E-state index contributed by atoms with van der Waals surface area (Å²) in [4.78, 5) is 16.0. The third-order valence-electron chi connectivity index (χ3n) is 5.40. The number of benzene rings is 1. The highest BCUT2D eigenvalue weighted by Gasteiger charge is 2.20. The van der Waals surface area contributed by atoms with Gasteiger partial charge in [-0.25, -0.2) is 4.79 Å². The topological polar surface area (TPSA) is 47.0 Å². The normalized spacial score (nSPS) is 11.0. The predicted octanol–water partition coefficient (Wildman–Crippen LogP) is 5.22. The van der Waals surface area contributed by atoms with Gasteiger partial charge in [-0.3, -0.25) is 0 Å². The van der Waals surface area contributed by atoms with Gasteiger partial charge in [-0.05, 0) is 54.0 Å². The van der Waals surface area contributed by atoms with Crippen molar-refractivity contribution in [2.45, 2.75) is 60.1 Å². The Hall–Kier alpha value is -2.75. The third kappa shape index (κ3) is 4.22. The molecular weight excluding hydrogens is 348 g/mol. The van der Waals surface area contributed by atoms with Gasteiger partial charge in [-0.1, -0.05) is 51.1 Å². The van der Waals surface area contributed by atoms with Gasteiger partial charge >= 0.3 is 5.97 Å². The third-order valence-corrected chi connectivity index (χ3v) is 5.40. The van der Waals surface area contributed by atoms with Gasteiger partial charge in [-0.15, -0.1) is 0 Å². The molecule has 28 heavy (non-hydrogen) atoms. The number of carbonyl (C=O) groups is 1. The van der Waals surface area contributed by atoms with Crippen LogP contribution >= 0.6 is 0 Å². The molecule has 0 aliphatic rings. The molecule has 0 atom stereocenters. The Kier molecular flexibility index (Phi) is 6.40. The number of rotatable bonds is 8. The van der Waals surface area contributed by atoms with Crippen LogP contribution in [0.3, 0.4) is 0 Å². The fourth-order valence-corrected chi connectivity index (χ4v) is 3.82. The van der Waals surface area contributed by atoms with Crippen molar-refractivity contribution in [2.75, 3.05) is 0 Å². The minimum Gasteiger partial charge on any atom is -0.456 e. The summed E-state index contributed by atoms with van der Waals surface area (Å²) >= 11 is 0. The average molecular weight is 379 g/mol. The van der Waals surface area contributed by atoms with Crippen molar-refractivity contribution in [1.82, 2.24) is 9.55 Å². The predicted molar refractivity (Wildman–Crippen MR) is 113 cm³/mol. The van der Waals surface area contributed by atoms with E-state index in [-0.39, 0.29) is 12.6 Å². The number of ether oxygens (including phenoxy) is 1. The summed E-state index contributed by atoms with van der Waals surface area (Å²) in [7, 11) is 0.